The van der Waals surface area contributed by atoms with Crippen LogP contribution in [0.4, 0.5) is 0 Å². The van der Waals surface area contributed by atoms with Gasteiger partial charge in [-0.2, -0.15) is 0 Å². The lowest BCUT2D eigenvalue weighted by molar-refractivity contribution is 0.292. The van der Waals surface area contributed by atoms with Crippen LogP contribution in [0.3, 0.4) is 0 Å². The van der Waals surface area contributed by atoms with Crippen molar-refractivity contribution in [2.45, 2.75) is 119 Å². The predicted molar refractivity (Wildman–Crippen MR) is 116 cm³/mol. The number of hydrogen-bond donors (Lipinski definition) is 1. The second-order valence-electron chi connectivity index (χ2n) is 8.51. The lowest BCUT2D eigenvalue weighted by atomic mass is 9.86. The highest BCUT2D eigenvalue weighted by Crippen LogP contribution is 2.25. The minimum Gasteiger partial charge on any atom is -0.316 e. The van der Waals surface area contributed by atoms with Crippen LogP contribution in [0.1, 0.15) is 119 Å². The smallest absolute Gasteiger partial charge is 0.00204 e. The van der Waals surface area contributed by atoms with Gasteiger partial charge in [0.1, 0.15) is 0 Å². The van der Waals surface area contributed by atoms with E-state index >= 15 is 0 Å². The van der Waals surface area contributed by atoms with Gasteiger partial charge in [0, 0.05) is 0 Å². The van der Waals surface area contributed by atoms with Gasteiger partial charge in [-0.15, -0.1) is 0 Å². The summed E-state index contributed by atoms with van der Waals surface area (Å²) in [7, 11) is 0. The molecule has 0 aromatic carbocycles. The lowest BCUT2D eigenvalue weighted by Gasteiger charge is -2.25. The van der Waals surface area contributed by atoms with Crippen LogP contribution in [0, 0.1) is 23.7 Å². The third-order valence-electron chi connectivity index (χ3n) is 6.44. The Morgan fingerprint density at radius 1 is 0.520 bits per heavy atom. The molecule has 0 aliphatic heterocycles. The SMILES string of the molecule is CCCC[C@H](CC)C[C@H](CC)CNC[C@H](CC)C[C@@H](CC)CCCC. The Balaban J connectivity index is 4.18. The maximum absolute atomic E-state index is 3.86. The molecule has 0 aromatic rings. The van der Waals surface area contributed by atoms with Gasteiger partial charge in [0.2, 0.25) is 0 Å². The molecule has 0 spiro atoms. The first kappa shape index (κ1) is 25.0. The number of nitrogens with one attached hydrogen (secondary N) is 1. The molecule has 0 radical (unpaired) electrons. The summed E-state index contributed by atoms with van der Waals surface area (Å²) < 4.78 is 0. The summed E-state index contributed by atoms with van der Waals surface area (Å²) >= 11 is 0. The first-order valence-corrected chi connectivity index (χ1v) is 11.8. The van der Waals surface area contributed by atoms with Crippen molar-refractivity contribution in [2.75, 3.05) is 13.1 Å². The summed E-state index contributed by atoms with van der Waals surface area (Å²) in [6.07, 6.45) is 16.7. The van der Waals surface area contributed by atoms with Crippen molar-refractivity contribution < 1.29 is 0 Å². The van der Waals surface area contributed by atoms with Gasteiger partial charge >= 0.3 is 0 Å². The summed E-state index contributed by atoms with van der Waals surface area (Å²) in [6.45, 7) is 16.6. The number of unbranched alkanes of at least 4 members (excludes halogenated alkanes) is 2. The van der Waals surface area contributed by atoms with E-state index in [4.69, 9.17) is 0 Å². The van der Waals surface area contributed by atoms with Crippen LogP contribution in [-0.2, 0) is 0 Å². The van der Waals surface area contributed by atoms with E-state index in [1.54, 1.807) is 0 Å². The van der Waals surface area contributed by atoms with Crippen LogP contribution in [0.5, 0.6) is 0 Å². The number of hydrogen-bond acceptors (Lipinski definition) is 1. The van der Waals surface area contributed by atoms with Crippen LogP contribution < -0.4 is 5.32 Å². The van der Waals surface area contributed by atoms with Crippen LogP contribution in [0.25, 0.3) is 0 Å². The Bertz CT molecular complexity index is 237. The summed E-state index contributed by atoms with van der Waals surface area (Å²) in [4.78, 5) is 0. The monoisotopic (exact) mass is 353 g/mol. The Morgan fingerprint density at radius 3 is 1.16 bits per heavy atom. The third-order valence-corrected chi connectivity index (χ3v) is 6.44. The molecule has 25 heavy (non-hydrogen) atoms. The molecule has 152 valence electrons. The van der Waals surface area contributed by atoms with E-state index in [0.29, 0.717) is 0 Å². The number of rotatable bonds is 18. The van der Waals surface area contributed by atoms with Gasteiger partial charge in [-0.3, -0.25) is 0 Å². The molecule has 1 N–H and O–H groups in total. The molecule has 0 heterocycles. The van der Waals surface area contributed by atoms with Gasteiger partial charge in [-0.25, -0.2) is 0 Å². The maximum Gasteiger partial charge on any atom is -0.00204 e. The van der Waals surface area contributed by atoms with E-state index in [0.717, 1.165) is 23.7 Å². The quantitative estimate of drug-likeness (QED) is 0.264. The van der Waals surface area contributed by atoms with Crippen molar-refractivity contribution in [2.24, 2.45) is 23.7 Å². The van der Waals surface area contributed by atoms with Crippen molar-refractivity contribution in [3.05, 3.63) is 0 Å². The normalized spacial score (nSPS) is 16.6. The van der Waals surface area contributed by atoms with Crippen molar-refractivity contribution in [3.8, 4) is 0 Å². The van der Waals surface area contributed by atoms with Crippen molar-refractivity contribution >= 4 is 0 Å². The van der Waals surface area contributed by atoms with Gasteiger partial charge in [0.15, 0.2) is 0 Å². The topological polar surface area (TPSA) is 12.0 Å². The lowest BCUT2D eigenvalue weighted by Crippen LogP contribution is -2.30. The Hall–Kier alpha value is -0.0400. The molecule has 0 bridgehead atoms. The van der Waals surface area contributed by atoms with E-state index in [-0.39, 0.29) is 0 Å². The maximum atomic E-state index is 3.86. The van der Waals surface area contributed by atoms with Gasteiger partial charge in [0.25, 0.3) is 0 Å². The standard InChI is InChI=1S/C24H51N/c1-7-13-15-21(9-3)17-23(11-5)19-25-20-24(12-6)18-22(10-4)16-14-8-2/h21-25H,7-20H2,1-6H3/t21-,22-,23-,24+/m0/s1. The van der Waals surface area contributed by atoms with Crippen LogP contribution in [0.2, 0.25) is 0 Å². The highest BCUT2D eigenvalue weighted by molar-refractivity contribution is 4.71. The van der Waals surface area contributed by atoms with Gasteiger partial charge in [-0.1, -0.05) is 106 Å². The second-order valence-corrected chi connectivity index (χ2v) is 8.51. The zero-order valence-electron chi connectivity index (χ0n) is 18.7. The molecular formula is C24H51N. The molecular weight excluding hydrogens is 302 g/mol. The largest absolute Gasteiger partial charge is 0.316 e. The Labute approximate surface area is 161 Å². The zero-order chi connectivity index (χ0) is 18.9. The molecule has 0 amide bonds. The molecule has 0 saturated carbocycles. The van der Waals surface area contributed by atoms with E-state index in [9.17, 15) is 0 Å². The fourth-order valence-corrected chi connectivity index (χ4v) is 4.19. The van der Waals surface area contributed by atoms with Crippen molar-refractivity contribution in [1.82, 2.24) is 5.32 Å². The van der Waals surface area contributed by atoms with Gasteiger partial charge in [0.05, 0.1) is 0 Å². The molecule has 0 rings (SSSR count). The van der Waals surface area contributed by atoms with E-state index < -0.39 is 0 Å². The van der Waals surface area contributed by atoms with Gasteiger partial charge in [-0.05, 0) is 49.6 Å². The highest BCUT2D eigenvalue weighted by atomic mass is 14.9. The minimum absolute atomic E-state index is 0.876. The first-order valence-electron chi connectivity index (χ1n) is 11.8. The fourth-order valence-electron chi connectivity index (χ4n) is 4.19. The molecule has 4 atom stereocenters. The Morgan fingerprint density at radius 2 is 0.880 bits per heavy atom. The van der Waals surface area contributed by atoms with Crippen LogP contribution in [-0.4, -0.2) is 13.1 Å². The van der Waals surface area contributed by atoms with Crippen LogP contribution in [0.15, 0.2) is 0 Å². The van der Waals surface area contributed by atoms with E-state index in [1.807, 2.05) is 0 Å². The molecule has 1 nitrogen and oxygen atoms in total. The summed E-state index contributed by atoms with van der Waals surface area (Å²) in [5.74, 6) is 3.65. The van der Waals surface area contributed by atoms with Gasteiger partial charge < -0.3 is 5.32 Å². The van der Waals surface area contributed by atoms with Crippen molar-refractivity contribution in [3.63, 3.8) is 0 Å². The average Bonchev–Trinajstić information content (AvgIpc) is 2.65. The molecule has 0 unspecified atom stereocenters. The Kier molecular flexibility index (Phi) is 17.3. The second kappa shape index (κ2) is 17.4. The molecule has 0 aromatic heterocycles. The fraction of sp³-hybridized carbons (Fsp3) is 1.00. The van der Waals surface area contributed by atoms with E-state index in [2.05, 4.69) is 46.9 Å². The summed E-state index contributed by atoms with van der Waals surface area (Å²) in [6, 6.07) is 0. The van der Waals surface area contributed by atoms with Crippen molar-refractivity contribution in [1.29, 1.82) is 0 Å². The molecule has 0 saturated heterocycles. The molecule has 0 fully saturated rings. The predicted octanol–water partition coefficient (Wildman–Crippen LogP) is 7.84. The zero-order valence-corrected chi connectivity index (χ0v) is 18.7. The molecule has 0 aliphatic carbocycles. The third kappa shape index (κ3) is 12.9. The molecule has 1 heteroatoms. The summed E-state index contributed by atoms with van der Waals surface area (Å²) in [5.41, 5.74) is 0. The summed E-state index contributed by atoms with van der Waals surface area (Å²) in [5, 5.41) is 3.86. The average molecular weight is 354 g/mol. The van der Waals surface area contributed by atoms with Crippen LogP contribution >= 0.6 is 0 Å². The van der Waals surface area contributed by atoms with E-state index in [1.165, 1.54) is 90.1 Å². The highest BCUT2D eigenvalue weighted by Gasteiger charge is 2.16. The minimum atomic E-state index is 0.876. The molecule has 0 aliphatic rings. The first-order chi connectivity index (χ1) is 12.1.